The van der Waals surface area contributed by atoms with Crippen molar-refractivity contribution >= 4 is 34.5 Å². The number of allylic oxidation sites excluding steroid dienone is 1. The van der Waals surface area contributed by atoms with Crippen LogP contribution >= 0.6 is 22.7 Å². The van der Waals surface area contributed by atoms with Crippen molar-refractivity contribution in [2.45, 2.75) is 0 Å². The highest BCUT2D eigenvalue weighted by Gasteiger charge is 2.05. The normalized spacial score (nSPS) is 11.6. The van der Waals surface area contributed by atoms with Crippen molar-refractivity contribution in [1.29, 1.82) is 0 Å². The van der Waals surface area contributed by atoms with Crippen molar-refractivity contribution < 1.29 is 4.79 Å². The number of carbonyl (C=O) groups excluding carboxylic acids is 1. The van der Waals surface area contributed by atoms with E-state index in [4.69, 9.17) is 0 Å². The Labute approximate surface area is 90.3 Å². The minimum absolute atomic E-state index is 0.840. The Bertz CT molecular complexity index is 388. The maximum absolute atomic E-state index is 10.5. The van der Waals surface area contributed by atoms with Crippen LogP contribution in [0.25, 0.3) is 5.57 Å². The van der Waals surface area contributed by atoms with Gasteiger partial charge in [-0.2, -0.15) is 11.3 Å². The van der Waals surface area contributed by atoms with Gasteiger partial charge in [-0.05, 0) is 39.9 Å². The average molecular weight is 220 g/mol. The second kappa shape index (κ2) is 4.35. The largest absolute Gasteiger partial charge is 0.299 e. The topological polar surface area (TPSA) is 17.1 Å². The molecule has 0 spiro atoms. The minimum atomic E-state index is 0.840. The molecule has 2 rings (SSSR count). The van der Waals surface area contributed by atoms with Crippen molar-refractivity contribution in [3.05, 3.63) is 50.9 Å². The highest BCUT2D eigenvalue weighted by Crippen LogP contribution is 2.27. The SMILES string of the molecule is O=CC=C(c1ccsc1)c1cccs1. The fourth-order valence-electron chi connectivity index (χ4n) is 1.24. The summed E-state index contributed by atoms with van der Waals surface area (Å²) in [5.41, 5.74) is 2.13. The molecule has 3 heteroatoms. The zero-order valence-corrected chi connectivity index (χ0v) is 8.98. The van der Waals surface area contributed by atoms with E-state index in [0.717, 1.165) is 22.3 Å². The van der Waals surface area contributed by atoms with Crippen molar-refractivity contribution in [2.75, 3.05) is 0 Å². The van der Waals surface area contributed by atoms with Crippen LogP contribution in [0.1, 0.15) is 10.4 Å². The summed E-state index contributed by atoms with van der Waals surface area (Å²) >= 11 is 3.29. The molecular formula is C11H8OS2. The van der Waals surface area contributed by atoms with Crippen LogP contribution in [0.15, 0.2) is 40.4 Å². The summed E-state index contributed by atoms with van der Waals surface area (Å²) in [7, 11) is 0. The number of hydrogen-bond acceptors (Lipinski definition) is 3. The van der Waals surface area contributed by atoms with Crippen LogP contribution in [0, 0.1) is 0 Å². The molecule has 0 N–H and O–H groups in total. The predicted molar refractivity (Wildman–Crippen MR) is 61.8 cm³/mol. The summed E-state index contributed by atoms with van der Waals surface area (Å²) in [5.74, 6) is 0. The van der Waals surface area contributed by atoms with Gasteiger partial charge >= 0.3 is 0 Å². The molecule has 0 fully saturated rings. The van der Waals surface area contributed by atoms with Crippen molar-refractivity contribution in [3.63, 3.8) is 0 Å². The molecule has 0 aliphatic rings. The molecule has 2 heterocycles. The molecule has 70 valence electrons. The molecule has 0 radical (unpaired) electrons. The van der Waals surface area contributed by atoms with Gasteiger partial charge < -0.3 is 0 Å². The van der Waals surface area contributed by atoms with Crippen LogP contribution in [0.3, 0.4) is 0 Å². The van der Waals surface area contributed by atoms with Gasteiger partial charge in [0.05, 0.1) is 0 Å². The Morgan fingerprint density at radius 2 is 2.21 bits per heavy atom. The van der Waals surface area contributed by atoms with E-state index in [1.807, 2.05) is 29.0 Å². The highest BCUT2D eigenvalue weighted by atomic mass is 32.1. The second-order valence-electron chi connectivity index (χ2n) is 2.71. The van der Waals surface area contributed by atoms with Crippen LogP contribution in [0.2, 0.25) is 0 Å². The first kappa shape index (κ1) is 9.37. The fraction of sp³-hybridized carbons (Fsp3) is 0. The molecule has 0 aromatic carbocycles. The molecule has 0 aliphatic carbocycles. The van der Waals surface area contributed by atoms with Crippen LogP contribution < -0.4 is 0 Å². The Balaban J connectivity index is 2.45. The highest BCUT2D eigenvalue weighted by molar-refractivity contribution is 7.11. The first-order valence-electron chi connectivity index (χ1n) is 4.13. The Morgan fingerprint density at radius 3 is 2.79 bits per heavy atom. The summed E-state index contributed by atoms with van der Waals surface area (Å²) in [4.78, 5) is 11.7. The number of hydrogen-bond donors (Lipinski definition) is 0. The molecular weight excluding hydrogens is 212 g/mol. The average Bonchev–Trinajstić information content (AvgIpc) is 2.87. The Kier molecular flexibility index (Phi) is 2.91. The third-order valence-electron chi connectivity index (χ3n) is 1.85. The van der Waals surface area contributed by atoms with E-state index in [1.54, 1.807) is 28.7 Å². The molecule has 0 atom stereocenters. The summed E-state index contributed by atoms with van der Waals surface area (Å²) in [6, 6.07) is 6.04. The van der Waals surface area contributed by atoms with E-state index in [0.29, 0.717) is 0 Å². The standard InChI is InChI=1S/C11H8OS2/c12-5-3-10(9-4-7-13-8-9)11-2-1-6-14-11/h1-8H. The lowest BCUT2D eigenvalue weighted by Gasteiger charge is -1.99. The number of carbonyl (C=O) groups is 1. The van der Waals surface area contributed by atoms with E-state index < -0.39 is 0 Å². The monoisotopic (exact) mass is 220 g/mol. The third-order valence-corrected chi connectivity index (χ3v) is 3.44. The van der Waals surface area contributed by atoms with Gasteiger partial charge in [0.25, 0.3) is 0 Å². The van der Waals surface area contributed by atoms with Gasteiger partial charge in [-0.25, -0.2) is 0 Å². The van der Waals surface area contributed by atoms with Crippen LogP contribution in [-0.4, -0.2) is 6.29 Å². The van der Waals surface area contributed by atoms with E-state index in [2.05, 4.69) is 5.38 Å². The molecule has 0 aliphatic heterocycles. The van der Waals surface area contributed by atoms with Crippen molar-refractivity contribution in [1.82, 2.24) is 0 Å². The summed E-state index contributed by atoms with van der Waals surface area (Å²) in [6.45, 7) is 0. The summed E-state index contributed by atoms with van der Waals surface area (Å²) in [6.07, 6.45) is 2.46. The van der Waals surface area contributed by atoms with Crippen LogP contribution in [0.5, 0.6) is 0 Å². The molecule has 2 aromatic rings. The fourth-order valence-corrected chi connectivity index (χ4v) is 2.67. The van der Waals surface area contributed by atoms with Gasteiger partial charge in [0.15, 0.2) is 0 Å². The first-order valence-corrected chi connectivity index (χ1v) is 5.96. The van der Waals surface area contributed by atoms with E-state index in [9.17, 15) is 4.79 Å². The maximum Gasteiger partial charge on any atom is 0.143 e. The molecule has 0 unspecified atom stereocenters. The van der Waals surface area contributed by atoms with Crippen LogP contribution in [0.4, 0.5) is 0 Å². The van der Waals surface area contributed by atoms with Crippen molar-refractivity contribution in [2.24, 2.45) is 0 Å². The third kappa shape index (κ3) is 1.84. The molecule has 1 nitrogen and oxygen atoms in total. The zero-order chi connectivity index (χ0) is 9.80. The molecule has 0 amide bonds. The minimum Gasteiger partial charge on any atom is -0.299 e. The molecule has 2 aromatic heterocycles. The second-order valence-corrected chi connectivity index (χ2v) is 4.43. The van der Waals surface area contributed by atoms with Gasteiger partial charge in [-0.1, -0.05) is 6.07 Å². The summed E-state index contributed by atoms with van der Waals surface area (Å²) < 4.78 is 0. The molecule has 0 saturated heterocycles. The Morgan fingerprint density at radius 1 is 1.29 bits per heavy atom. The van der Waals surface area contributed by atoms with Gasteiger partial charge in [0, 0.05) is 10.5 Å². The number of aldehydes is 1. The molecule has 0 bridgehead atoms. The zero-order valence-electron chi connectivity index (χ0n) is 7.34. The lowest BCUT2D eigenvalue weighted by atomic mass is 10.1. The van der Waals surface area contributed by atoms with Gasteiger partial charge in [-0.15, -0.1) is 11.3 Å². The quantitative estimate of drug-likeness (QED) is 0.572. The smallest absolute Gasteiger partial charge is 0.143 e. The molecule has 14 heavy (non-hydrogen) atoms. The predicted octanol–water partition coefficient (Wildman–Crippen LogP) is 3.44. The van der Waals surface area contributed by atoms with E-state index >= 15 is 0 Å². The van der Waals surface area contributed by atoms with E-state index in [1.165, 1.54) is 0 Å². The lowest BCUT2D eigenvalue weighted by molar-refractivity contribution is -0.104. The van der Waals surface area contributed by atoms with Gasteiger partial charge in [-0.3, -0.25) is 4.79 Å². The van der Waals surface area contributed by atoms with Gasteiger partial charge in [0.2, 0.25) is 0 Å². The van der Waals surface area contributed by atoms with E-state index in [-0.39, 0.29) is 0 Å². The lowest BCUT2D eigenvalue weighted by Crippen LogP contribution is -1.81. The number of rotatable bonds is 3. The molecule has 0 saturated carbocycles. The first-order chi connectivity index (χ1) is 6.92. The maximum atomic E-state index is 10.5. The van der Waals surface area contributed by atoms with Crippen LogP contribution in [-0.2, 0) is 4.79 Å². The Hall–Kier alpha value is -1.19. The van der Waals surface area contributed by atoms with Gasteiger partial charge in [0.1, 0.15) is 6.29 Å². The number of thiophene rings is 2. The summed E-state index contributed by atoms with van der Waals surface area (Å²) in [5, 5.41) is 6.08. The van der Waals surface area contributed by atoms with Crippen molar-refractivity contribution in [3.8, 4) is 0 Å².